The van der Waals surface area contributed by atoms with Crippen LogP contribution in [0.3, 0.4) is 0 Å². The average molecular weight is 704 g/mol. The number of ether oxygens (including phenoxy) is 1. The third-order valence-corrected chi connectivity index (χ3v) is 7.62. The number of carbonyl (C=O) groups excluding carboxylic acids is 4. The van der Waals surface area contributed by atoms with E-state index in [1.807, 2.05) is 0 Å². The van der Waals surface area contributed by atoms with E-state index in [-0.39, 0.29) is 21.9 Å². The van der Waals surface area contributed by atoms with Crippen molar-refractivity contribution in [1.82, 2.24) is 15.1 Å². The second-order valence-electron chi connectivity index (χ2n) is 11.8. The molecule has 1 saturated heterocycles. The Morgan fingerprint density at radius 2 is 1.53 bits per heavy atom. The van der Waals surface area contributed by atoms with E-state index in [2.05, 4.69) is 16.0 Å². The van der Waals surface area contributed by atoms with Gasteiger partial charge in [0.2, 0.25) is 5.91 Å². The van der Waals surface area contributed by atoms with Gasteiger partial charge in [-0.3, -0.25) is 19.3 Å². The zero-order valence-electron chi connectivity index (χ0n) is 27.0. The molecule has 2 aromatic rings. The fraction of sp³-hybridized carbons (Fsp3) is 0.452. The topological polar surface area (TPSA) is 157 Å². The molecule has 0 bridgehead atoms. The summed E-state index contributed by atoms with van der Waals surface area (Å²) in [6.07, 6.45) is -14.0. The summed E-state index contributed by atoms with van der Waals surface area (Å²) in [5, 5.41) is 16.2. The number of amides is 6. The van der Waals surface area contributed by atoms with Crippen LogP contribution in [0.15, 0.2) is 42.5 Å². The number of carboxylic acids is 1. The van der Waals surface area contributed by atoms with E-state index < -0.39 is 90.0 Å². The van der Waals surface area contributed by atoms with E-state index in [4.69, 9.17) is 9.84 Å². The number of para-hydroxylation sites is 1. The summed E-state index contributed by atoms with van der Waals surface area (Å²) in [7, 11) is 1.12. The molecule has 0 spiro atoms. The van der Waals surface area contributed by atoms with Crippen LogP contribution in [-0.2, 0) is 20.9 Å². The maximum absolute atomic E-state index is 14.7. The molecule has 0 saturated carbocycles. The third-order valence-electron chi connectivity index (χ3n) is 7.62. The molecule has 49 heavy (non-hydrogen) atoms. The van der Waals surface area contributed by atoms with E-state index in [0.717, 1.165) is 30.9 Å². The lowest BCUT2D eigenvalue weighted by molar-refractivity contribution is -0.315. The van der Waals surface area contributed by atoms with E-state index in [0.29, 0.717) is 5.69 Å². The Kier molecular flexibility index (Phi) is 11.5. The number of imide groups is 1. The monoisotopic (exact) mass is 703 g/mol. The van der Waals surface area contributed by atoms with Gasteiger partial charge in [0.1, 0.15) is 11.8 Å². The molecule has 268 valence electrons. The molecule has 1 unspecified atom stereocenters. The van der Waals surface area contributed by atoms with Crippen molar-refractivity contribution in [3.8, 4) is 5.75 Å². The summed E-state index contributed by atoms with van der Waals surface area (Å²) in [5.41, 5.74) is -4.61. The van der Waals surface area contributed by atoms with Crippen molar-refractivity contribution in [2.24, 2.45) is 5.92 Å². The number of urea groups is 2. The van der Waals surface area contributed by atoms with Crippen LogP contribution in [0, 0.1) is 12.8 Å². The van der Waals surface area contributed by atoms with Gasteiger partial charge < -0.3 is 25.8 Å². The van der Waals surface area contributed by atoms with Gasteiger partial charge >= 0.3 is 35.9 Å². The van der Waals surface area contributed by atoms with Crippen LogP contribution < -0.4 is 20.7 Å². The highest BCUT2D eigenvalue weighted by Crippen LogP contribution is 2.53. The van der Waals surface area contributed by atoms with Crippen LogP contribution in [0.4, 0.5) is 47.3 Å². The Labute approximate surface area is 276 Å². The van der Waals surface area contributed by atoms with Crippen molar-refractivity contribution < 1.29 is 60.2 Å². The van der Waals surface area contributed by atoms with Crippen LogP contribution >= 0.6 is 0 Å². The van der Waals surface area contributed by atoms with Gasteiger partial charge in [-0.1, -0.05) is 38.1 Å². The zero-order valence-corrected chi connectivity index (χ0v) is 27.0. The lowest BCUT2D eigenvalue weighted by atomic mass is 9.93. The first-order chi connectivity index (χ1) is 22.6. The van der Waals surface area contributed by atoms with E-state index in [1.165, 1.54) is 20.8 Å². The Balaban J connectivity index is 2.06. The minimum atomic E-state index is -6.42. The van der Waals surface area contributed by atoms with Gasteiger partial charge in [0.25, 0.3) is 5.91 Å². The fourth-order valence-corrected chi connectivity index (χ4v) is 5.36. The summed E-state index contributed by atoms with van der Waals surface area (Å²) in [5.74, 6) is -6.25. The van der Waals surface area contributed by atoms with Gasteiger partial charge in [-0.15, -0.1) is 0 Å². The highest BCUT2D eigenvalue weighted by Gasteiger charge is 2.84. The minimum Gasteiger partial charge on any atom is -0.495 e. The summed E-state index contributed by atoms with van der Waals surface area (Å²) in [6, 6.07) is 3.77. The number of carboxylic acid groups (broad SMARTS) is 1. The van der Waals surface area contributed by atoms with Crippen molar-refractivity contribution in [2.75, 3.05) is 17.7 Å². The number of halogens is 6. The number of hydrogen-bond acceptors (Lipinski definition) is 6. The van der Waals surface area contributed by atoms with Gasteiger partial charge in [-0.2, -0.15) is 26.3 Å². The number of hydrogen-bond donors (Lipinski definition) is 4. The Morgan fingerprint density at radius 1 is 0.939 bits per heavy atom. The summed E-state index contributed by atoms with van der Waals surface area (Å²) >= 11 is 0. The average Bonchev–Trinajstić information content (AvgIpc) is 3.19. The molecule has 1 aliphatic heterocycles. The first kappa shape index (κ1) is 38.4. The number of nitrogens with zero attached hydrogens (tertiary/aromatic N) is 2. The summed E-state index contributed by atoms with van der Waals surface area (Å²) in [6.45, 7) is 4.42. The van der Waals surface area contributed by atoms with Gasteiger partial charge in [-0.25, -0.2) is 14.5 Å². The molecule has 0 radical (unpaired) electrons. The third kappa shape index (κ3) is 8.00. The van der Waals surface area contributed by atoms with Crippen molar-refractivity contribution >= 4 is 41.2 Å². The summed E-state index contributed by atoms with van der Waals surface area (Å²) < 4.78 is 93.4. The molecule has 2 atom stereocenters. The molecule has 1 aliphatic rings. The first-order valence-electron chi connectivity index (χ1n) is 14.8. The standard InChI is InChI=1S/C31H35F6N5O7/c1-16(2)12-22(25(45)38-18(4)13-24(43)44)42-26(46)29(30(32,33)34,31(35,36)37)41(28(42)48)15-19-10-11-21(23(14-19)49-5)40-27(47)39-20-9-7-6-8-17(20)3/h6-11,14,16,18,22H,12-13,15H2,1-5H3,(H,38,45)(H,43,44)(H2,39,40,47)/t18?,22-/m0/s1. The SMILES string of the molecule is COc1cc(CN2C(=O)N([C@@H](CC(C)C)C(=O)NC(C)CC(=O)O)C(=O)C2(C(F)(F)F)C(F)(F)F)ccc1NC(=O)Nc1ccccc1C. The highest BCUT2D eigenvalue weighted by atomic mass is 19.4. The minimum absolute atomic E-state index is 0.0372. The number of aliphatic carboxylic acids is 1. The molecule has 0 aromatic heterocycles. The number of aryl methyl sites for hydroxylation is 1. The molecular formula is C31H35F6N5O7. The number of rotatable bonds is 12. The highest BCUT2D eigenvalue weighted by molar-refractivity contribution is 6.11. The molecule has 6 amide bonds. The van der Waals surface area contributed by atoms with Crippen LogP contribution in [0.1, 0.15) is 44.7 Å². The maximum atomic E-state index is 14.7. The van der Waals surface area contributed by atoms with E-state index in [1.54, 1.807) is 31.2 Å². The van der Waals surface area contributed by atoms with E-state index >= 15 is 0 Å². The quantitative estimate of drug-likeness (QED) is 0.164. The van der Waals surface area contributed by atoms with Gasteiger partial charge in [0.05, 0.1) is 19.2 Å². The predicted molar refractivity (Wildman–Crippen MR) is 163 cm³/mol. The molecule has 18 heteroatoms. The second kappa shape index (κ2) is 14.6. The van der Waals surface area contributed by atoms with Gasteiger partial charge in [0.15, 0.2) is 0 Å². The van der Waals surface area contributed by atoms with Crippen LogP contribution in [0.5, 0.6) is 5.75 Å². The van der Waals surface area contributed by atoms with Crippen molar-refractivity contribution in [1.29, 1.82) is 0 Å². The smallest absolute Gasteiger partial charge is 0.430 e. The number of benzene rings is 2. The predicted octanol–water partition coefficient (Wildman–Crippen LogP) is 5.67. The molecular weight excluding hydrogens is 668 g/mol. The fourth-order valence-electron chi connectivity index (χ4n) is 5.36. The molecule has 1 fully saturated rings. The number of nitrogens with one attached hydrogen (secondary N) is 3. The Hall–Kier alpha value is -5.03. The van der Waals surface area contributed by atoms with Crippen molar-refractivity contribution in [3.05, 3.63) is 53.6 Å². The molecule has 2 aromatic carbocycles. The maximum Gasteiger partial charge on any atom is 0.430 e. The normalized spacial score (nSPS) is 16.0. The second-order valence-corrected chi connectivity index (χ2v) is 11.8. The molecule has 0 aliphatic carbocycles. The lowest BCUT2D eigenvalue weighted by Crippen LogP contribution is -2.69. The lowest BCUT2D eigenvalue weighted by Gasteiger charge is -2.37. The number of alkyl halides is 6. The molecule has 12 nitrogen and oxygen atoms in total. The van der Waals surface area contributed by atoms with Gasteiger partial charge in [0, 0.05) is 18.3 Å². The Morgan fingerprint density at radius 3 is 2.06 bits per heavy atom. The number of anilines is 2. The van der Waals surface area contributed by atoms with Crippen molar-refractivity contribution in [3.63, 3.8) is 0 Å². The largest absolute Gasteiger partial charge is 0.495 e. The molecule has 4 N–H and O–H groups in total. The van der Waals surface area contributed by atoms with Crippen LogP contribution in [0.2, 0.25) is 0 Å². The summed E-state index contributed by atoms with van der Waals surface area (Å²) in [4.78, 5) is 62.9. The van der Waals surface area contributed by atoms with Crippen LogP contribution in [0.25, 0.3) is 0 Å². The van der Waals surface area contributed by atoms with Gasteiger partial charge in [-0.05, 0) is 55.5 Å². The van der Waals surface area contributed by atoms with Crippen LogP contribution in [-0.4, -0.2) is 81.8 Å². The molecule has 1 heterocycles. The first-order valence-corrected chi connectivity index (χ1v) is 14.8. The Bertz CT molecular complexity index is 1580. The van der Waals surface area contributed by atoms with Crippen molar-refractivity contribution in [2.45, 2.75) is 77.1 Å². The number of carbonyl (C=O) groups is 5. The zero-order chi connectivity index (χ0) is 37.1. The van der Waals surface area contributed by atoms with E-state index in [9.17, 15) is 50.3 Å². The molecule has 3 rings (SSSR count). The number of methoxy groups -OCH3 is 1.